The topological polar surface area (TPSA) is 47.3 Å². The third-order valence-corrected chi connectivity index (χ3v) is 3.20. The van der Waals surface area contributed by atoms with E-state index in [1.807, 2.05) is 0 Å². The van der Waals surface area contributed by atoms with Gasteiger partial charge in [0.15, 0.2) is 0 Å². The molecule has 0 aromatic rings. The molecule has 3 atom stereocenters. The second kappa shape index (κ2) is 4.40. The van der Waals surface area contributed by atoms with E-state index >= 15 is 0 Å². The lowest BCUT2D eigenvalue weighted by molar-refractivity contribution is 0.107. The Bertz CT molecular complexity index is 157. The highest BCUT2D eigenvalue weighted by Gasteiger charge is 2.24. The molecule has 2 rings (SSSR count). The van der Waals surface area contributed by atoms with E-state index < -0.39 is 0 Å². The van der Waals surface area contributed by atoms with Gasteiger partial charge in [-0.05, 0) is 25.7 Å². The van der Waals surface area contributed by atoms with Crippen molar-refractivity contribution in [2.45, 2.75) is 50.3 Å². The number of nitrogens with two attached hydrogens (primary N) is 1. The first kappa shape index (κ1) is 9.44. The average Bonchev–Trinajstić information content (AvgIpc) is 2.72. The first-order valence-electron chi connectivity index (χ1n) is 5.47. The fourth-order valence-electron chi connectivity index (χ4n) is 2.33. The van der Waals surface area contributed by atoms with Gasteiger partial charge in [0.2, 0.25) is 0 Å². The fraction of sp³-hybridized carbons (Fsp3) is 1.00. The van der Waals surface area contributed by atoms with Gasteiger partial charge in [0, 0.05) is 25.2 Å². The molecule has 3 nitrogen and oxygen atoms in total. The van der Waals surface area contributed by atoms with E-state index in [0.717, 1.165) is 13.2 Å². The monoisotopic (exact) mass is 184 g/mol. The van der Waals surface area contributed by atoms with Crippen LogP contribution in [-0.2, 0) is 4.74 Å². The third kappa shape index (κ3) is 2.42. The molecule has 1 aliphatic heterocycles. The number of hydrogen-bond donors (Lipinski definition) is 2. The molecule has 1 heterocycles. The lowest BCUT2D eigenvalue weighted by Crippen LogP contribution is -2.43. The minimum atomic E-state index is 0.376. The molecule has 3 N–H and O–H groups in total. The normalized spacial score (nSPS) is 39.9. The number of ether oxygens (including phenoxy) is 1. The molecule has 1 aliphatic carbocycles. The van der Waals surface area contributed by atoms with Crippen LogP contribution in [-0.4, -0.2) is 31.3 Å². The lowest BCUT2D eigenvalue weighted by atomic mass is 10.1. The maximum Gasteiger partial charge on any atom is 0.0700 e. The van der Waals surface area contributed by atoms with E-state index in [4.69, 9.17) is 10.5 Å². The predicted molar refractivity (Wildman–Crippen MR) is 52.6 cm³/mol. The molecule has 1 saturated carbocycles. The van der Waals surface area contributed by atoms with Gasteiger partial charge in [-0.3, -0.25) is 0 Å². The van der Waals surface area contributed by atoms with Crippen LogP contribution in [0.5, 0.6) is 0 Å². The molecule has 0 aromatic heterocycles. The van der Waals surface area contributed by atoms with Crippen molar-refractivity contribution in [2.75, 3.05) is 13.2 Å². The summed E-state index contributed by atoms with van der Waals surface area (Å²) in [6.07, 6.45) is 6.60. The summed E-state index contributed by atoms with van der Waals surface area (Å²) in [6.45, 7) is 1.95. The zero-order chi connectivity index (χ0) is 9.10. The SMILES string of the molecule is NC1CCCC1NCC1CCCO1. The predicted octanol–water partition coefficient (Wildman–Crippen LogP) is 0.635. The van der Waals surface area contributed by atoms with Gasteiger partial charge in [0.05, 0.1) is 6.10 Å². The second-order valence-electron chi connectivity index (χ2n) is 4.24. The Labute approximate surface area is 80.0 Å². The Morgan fingerprint density at radius 1 is 1.23 bits per heavy atom. The molecule has 0 radical (unpaired) electrons. The number of hydrogen-bond acceptors (Lipinski definition) is 3. The molecule has 3 unspecified atom stereocenters. The Balaban J connectivity index is 1.66. The van der Waals surface area contributed by atoms with Crippen LogP contribution < -0.4 is 11.1 Å². The van der Waals surface area contributed by atoms with E-state index in [1.165, 1.54) is 32.1 Å². The van der Waals surface area contributed by atoms with Gasteiger partial charge in [0.1, 0.15) is 0 Å². The number of rotatable bonds is 3. The Morgan fingerprint density at radius 3 is 2.77 bits per heavy atom. The van der Waals surface area contributed by atoms with Crippen LogP contribution in [0.25, 0.3) is 0 Å². The smallest absolute Gasteiger partial charge is 0.0700 e. The molecular formula is C10H20N2O. The van der Waals surface area contributed by atoms with Crippen molar-refractivity contribution in [3.05, 3.63) is 0 Å². The Hall–Kier alpha value is -0.120. The molecule has 0 bridgehead atoms. The summed E-state index contributed by atoms with van der Waals surface area (Å²) in [6, 6.07) is 0.922. The minimum Gasteiger partial charge on any atom is -0.377 e. The van der Waals surface area contributed by atoms with E-state index in [1.54, 1.807) is 0 Å². The molecule has 76 valence electrons. The molecular weight excluding hydrogens is 164 g/mol. The van der Waals surface area contributed by atoms with Crippen LogP contribution in [0, 0.1) is 0 Å². The molecule has 13 heavy (non-hydrogen) atoms. The molecule has 1 saturated heterocycles. The largest absolute Gasteiger partial charge is 0.377 e. The van der Waals surface area contributed by atoms with Crippen LogP contribution in [0.15, 0.2) is 0 Å². The molecule has 3 heteroatoms. The lowest BCUT2D eigenvalue weighted by Gasteiger charge is -2.19. The van der Waals surface area contributed by atoms with Gasteiger partial charge in [-0.15, -0.1) is 0 Å². The number of nitrogens with one attached hydrogen (secondary N) is 1. The highest BCUT2D eigenvalue weighted by atomic mass is 16.5. The zero-order valence-electron chi connectivity index (χ0n) is 8.17. The summed E-state index contributed by atoms with van der Waals surface area (Å²) in [7, 11) is 0. The van der Waals surface area contributed by atoms with Crippen LogP contribution in [0.1, 0.15) is 32.1 Å². The van der Waals surface area contributed by atoms with Gasteiger partial charge < -0.3 is 15.8 Å². The van der Waals surface area contributed by atoms with Crippen molar-refractivity contribution < 1.29 is 4.74 Å². The van der Waals surface area contributed by atoms with E-state index in [2.05, 4.69) is 5.32 Å². The first-order valence-corrected chi connectivity index (χ1v) is 5.47. The highest BCUT2D eigenvalue weighted by Crippen LogP contribution is 2.18. The Kier molecular flexibility index (Phi) is 3.19. The van der Waals surface area contributed by atoms with Crippen molar-refractivity contribution >= 4 is 0 Å². The van der Waals surface area contributed by atoms with Crippen molar-refractivity contribution in [1.29, 1.82) is 0 Å². The quantitative estimate of drug-likeness (QED) is 0.676. The van der Waals surface area contributed by atoms with Gasteiger partial charge >= 0.3 is 0 Å². The molecule has 2 aliphatic rings. The van der Waals surface area contributed by atoms with Crippen LogP contribution >= 0.6 is 0 Å². The van der Waals surface area contributed by atoms with Crippen LogP contribution in [0.4, 0.5) is 0 Å². The summed E-state index contributed by atoms with van der Waals surface area (Å²) in [4.78, 5) is 0. The standard InChI is InChI=1S/C10H20N2O/c11-9-4-1-5-10(9)12-7-8-3-2-6-13-8/h8-10,12H,1-7,11H2. The van der Waals surface area contributed by atoms with Crippen molar-refractivity contribution in [3.63, 3.8) is 0 Å². The average molecular weight is 184 g/mol. The summed E-state index contributed by atoms with van der Waals surface area (Å²) < 4.78 is 5.54. The maximum atomic E-state index is 5.96. The molecule has 0 aromatic carbocycles. The van der Waals surface area contributed by atoms with E-state index in [0.29, 0.717) is 18.2 Å². The highest BCUT2D eigenvalue weighted by molar-refractivity contribution is 4.86. The third-order valence-electron chi connectivity index (χ3n) is 3.20. The molecule has 2 fully saturated rings. The summed E-state index contributed by atoms with van der Waals surface area (Å²) >= 11 is 0. The second-order valence-corrected chi connectivity index (χ2v) is 4.24. The van der Waals surface area contributed by atoms with Crippen molar-refractivity contribution in [3.8, 4) is 0 Å². The zero-order valence-corrected chi connectivity index (χ0v) is 8.17. The van der Waals surface area contributed by atoms with Gasteiger partial charge in [-0.2, -0.15) is 0 Å². The summed E-state index contributed by atoms with van der Waals surface area (Å²) in [5, 5.41) is 3.52. The fourth-order valence-corrected chi connectivity index (χ4v) is 2.33. The van der Waals surface area contributed by atoms with Gasteiger partial charge in [-0.25, -0.2) is 0 Å². The van der Waals surface area contributed by atoms with Crippen molar-refractivity contribution in [2.24, 2.45) is 5.73 Å². The Morgan fingerprint density at radius 2 is 2.15 bits per heavy atom. The molecule has 0 amide bonds. The van der Waals surface area contributed by atoms with E-state index in [-0.39, 0.29) is 0 Å². The van der Waals surface area contributed by atoms with Gasteiger partial charge in [0.25, 0.3) is 0 Å². The molecule has 0 spiro atoms. The van der Waals surface area contributed by atoms with E-state index in [9.17, 15) is 0 Å². The maximum absolute atomic E-state index is 5.96. The van der Waals surface area contributed by atoms with Crippen molar-refractivity contribution in [1.82, 2.24) is 5.32 Å². The van der Waals surface area contributed by atoms with Crippen LogP contribution in [0.2, 0.25) is 0 Å². The van der Waals surface area contributed by atoms with Crippen LogP contribution in [0.3, 0.4) is 0 Å². The summed E-state index contributed by atoms with van der Waals surface area (Å²) in [5.74, 6) is 0. The minimum absolute atomic E-state index is 0.376. The van der Waals surface area contributed by atoms with Gasteiger partial charge in [-0.1, -0.05) is 6.42 Å². The summed E-state index contributed by atoms with van der Waals surface area (Å²) in [5.41, 5.74) is 5.96. The first-order chi connectivity index (χ1) is 6.36.